The zero-order chi connectivity index (χ0) is 18.1. The Balaban J connectivity index is 1.97. The second-order valence-corrected chi connectivity index (χ2v) is 6.12. The molecule has 3 rings (SSSR count). The first kappa shape index (κ1) is 16.8. The topological polar surface area (TPSA) is 126 Å². The number of fused-ring (bicyclic) bond motifs is 1. The van der Waals surface area contributed by atoms with Gasteiger partial charge in [0.1, 0.15) is 17.6 Å². The molecule has 0 spiro atoms. The number of nitrogens with two attached hydrogens (primary N) is 1. The molecule has 25 heavy (non-hydrogen) atoms. The molecular formula is C17H19N3O5. The molecule has 2 heterocycles. The maximum atomic E-state index is 11.4. The number of carbonyl (C=O) groups excluding carboxylic acids is 1. The minimum absolute atomic E-state index is 0.00808. The molecule has 1 aromatic carbocycles. The molecule has 8 heteroatoms. The summed E-state index contributed by atoms with van der Waals surface area (Å²) in [5, 5.41) is 19.7. The monoisotopic (exact) mass is 345 g/mol. The molecule has 1 aromatic heterocycles. The summed E-state index contributed by atoms with van der Waals surface area (Å²) in [4.78, 5) is 28.2. The van der Waals surface area contributed by atoms with E-state index in [4.69, 9.17) is 15.6 Å². The third-order valence-electron chi connectivity index (χ3n) is 4.22. The SMILES string of the molecule is Cc1cc(OC2CCCN(C(=O)O)C2)c2cc(O)c(C(N)=O)cc2n1. The highest BCUT2D eigenvalue weighted by molar-refractivity contribution is 6.00. The standard InChI is InChI=1S/C17H19N3O5/c1-9-5-15(25-10-3-2-4-20(8-10)17(23)24)11-7-14(21)12(16(18)22)6-13(11)19-9/h5-7,10,21H,2-4,8H2,1H3,(H2,18,22)(H,23,24). The Labute approximate surface area is 143 Å². The fourth-order valence-electron chi connectivity index (χ4n) is 3.04. The van der Waals surface area contributed by atoms with Crippen LogP contribution in [0.5, 0.6) is 11.5 Å². The highest BCUT2D eigenvalue weighted by atomic mass is 16.5. The number of rotatable bonds is 3. The Hall–Kier alpha value is -3.03. The number of phenols is 1. The summed E-state index contributed by atoms with van der Waals surface area (Å²) in [6, 6.07) is 4.55. The maximum absolute atomic E-state index is 11.4. The fraction of sp³-hybridized carbons (Fsp3) is 0.353. The van der Waals surface area contributed by atoms with Crippen LogP contribution in [0.15, 0.2) is 18.2 Å². The van der Waals surface area contributed by atoms with Crippen molar-refractivity contribution in [3.05, 3.63) is 29.5 Å². The quantitative estimate of drug-likeness (QED) is 0.779. The van der Waals surface area contributed by atoms with E-state index in [1.807, 2.05) is 0 Å². The Morgan fingerprint density at radius 1 is 1.36 bits per heavy atom. The predicted molar refractivity (Wildman–Crippen MR) is 89.9 cm³/mol. The van der Waals surface area contributed by atoms with Crippen LogP contribution >= 0.6 is 0 Å². The van der Waals surface area contributed by atoms with E-state index in [2.05, 4.69) is 4.98 Å². The summed E-state index contributed by atoms with van der Waals surface area (Å²) in [7, 11) is 0. The van der Waals surface area contributed by atoms with Crippen molar-refractivity contribution < 1.29 is 24.5 Å². The van der Waals surface area contributed by atoms with Gasteiger partial charge in [-0.2, -0.15) is 0 Å². The second-order valence-electron chi connectivity index (χ2n) is 6.12. The minimum Gasteiger partial charge on any atom is -0.507 e. The smallest absolute Gasteiger partial charge is 0.407 e. The number of carbonyl (C=O) groups is 2. The highest BCUT2D eigenvalue weighted by Crippen LogP contribution is 2.32. The molecule has 8 nitrogen and oxygen atoms in total. The Morgan fingerprint density at radius 3 is 2.80 bits per heavy atom. The van der Waals surface area contributed by atoms with E-state index in [1.54, 1.807) is 13.0 Å². The molecule has 2 amide bonds. The summed E-state index contributed by atoms with van der Waals surface area (Å²) in [5.74, 6) is -0.494. The average Bonchev–Trinajstić information content (AvgIpc) is 2.55. The Kier molecular flexibility index (Phi) is 4.35. The van der Waals surface area contributed by atoms with E-state index in [9.17, 15) is 14.7 Å². The van der Waals surface area contributed by atoms with Crippen LogP contribution in [-0.4, -0.2) is 51.3 Å². The molecule has 132 valence electrons. The van der Waals surface area contributed by atoms with Gasteiger partial charge in [0.05, 0.1) is 17.6 Å². The predicted octanol–water partition coefficient (Wildman–Crippen LogP) is 1.87. The number of hydrogen-bond acceptors (Lipinski definition) is 5. The molecule has 1 unspecified atom stereocenters. The number of piperidine rings is 1. The molecule has 1 fully saturated rings. The van der Waals surface area contributed by atoms with Crippen molar-refractivity contribution in [2.75, 3.05) is 13.1 Å². The van der Waals surface area contributed by atoms with Crippen LogP contribution in [0, 0.1) is 6.92 Å². The first-order valence-corrected chi connectivity index (χ1v) is 7.94. The van der Waals surface area contributed by atoms with E-state index >= 15 is 0 Å². The van der Waals surface area contributed by atoms with Crippen LogP contribution < -0.4 is 10.5 Å². The highest BCUT2D eigenvalue weighted by Gasteiger charge is 2.25. The van der Waals surface area contributed by atoms with Crippen LogP contribution in [0.3, 0.4) is 0 Å². The Morgan fingerprint density at radius 2 is 2.12 bits per heavy atom. The van der Waals surface area contributed by atoms with Gasteiger partial charge in [0.25, 0.3) is 5.91 Å². The van der Waals surface area contributed by atoms with Crippen LogP contribution in [0.25, 0.3) is 10.9 Å². The molecule has 1 aliphatic heterocycles. The number of nitrogens with zero attached hydrogens (tertiary/aromatic N) is 2. The third-order valence-corrected chi connectivity index (χ3v) is 4.22. The number of aryl methyl sites for hydroxylation is 1. The number of likely N-dealkylation sites (tertiary alicyclic amines) is 1. The number of amides is 2. The van der Waals surface area contributed by atoms with Crippen molar-refractivity contribution >= 4 is 22.9 Å². The van der Waals surface area contributed by atoms with E-state index in [1.165, 1.54) is 17.0 Å². The number of carboxylic acid groups (broad SMARTS) is 1. The molecule has 1 atom stereocenters. The fourth-order valence-corrected chi connectivity index (χ4v) is 3.04. The molecule has 0 saturated carbocycles. The number of primary amides is 1. The molecule has 0 bridgehead atoms. The van der Waals surface area contributed by atoms with Crippen molar-refractivity contribution in [1.82, 2.24) is 9.88 Å². The summed E-state index contributed by atoms with van der Waals surface area (Å²) in [6.45, 7) is 2.56. The number of aromatic hydroxyl groups is 1. The van der Waals surface area contributed by atoms with Crippen LogP contribution in [-0.2, 0) is 0 Å². The largest absolute Gasteiger partial charge is 0.507 e. The third kappa shape index (κ3) is 3.42. The summed E-state index contributed by atoms with van der Waals surface area (Å²) >= 11 is 0. The van der Waals surface area contributed by atoms with Gasteiger partial charge in [0, 0.05) is 23.7 Å². The molecular weight excluding hydrogens is 326 g/mol. The van der Waals surface area contributed by atoms with Crippen LogP contribution in [0.4, 0.5) is 4.79 Å². The minimum atomic E-state index is -0.965. The number of ether oxygens (including phenoxy) is 1. The molecule has 1 aliphatic rings. The zero-order valence-corrected chi connectivity index (χ0v) is 13.7. The van der Waals surface area contributed by atoms with Crippen molar-refractivity contribution in [3.63, 3.8) is 0 Å². The lowest BCUT2D eigenvalue weighted by atomic mass is 10.1. The molecule has 1 saturated heterocycles. The lowest BCUT2D eigenvalue weighted by Gasteiger charge is -2.31. The van der Waals surface area contributed by atoms with E-state index in [0.29, 0.717) is 28.9 Å². The van der Waals surface area contributed by atoms with Gasteiger partial charge < -0.3 is 25.6 Å². The van der Waals surface area contributed by atoms with Gasteiger partial charge in [0.2, 0.25) is 0 Å². The van der Waals surface area contributed by atoms with Gasteiger partial charge in [-0.3, -0.25) is 9.78 Å². The molecule has 2 aromatic rings. The van der Waals surface area contributed by atoms with Crippen molar-refractivity contribution in [2.24, 2.45) is 5.73 Å². The zero-order valence-electron chi connectivity index (χ0n) is 13.7. The van der Waals surface area contributed by atoms with Crippen LogP contribution in [0.1, 0.15) is 28.9 Å². The van der Waals surface area contributed by atoms with Crippen molar-refractivity contribution in [3.8, 4) is 11.5 Å². The maximum Gasteiger partial charge on any atom is 0.407 e. The van der Waals surface area contributed by atoms with Gasteiger partial charge in [-0.1, -0.05) is 0 Å². The van der Waals surface area contributed by atoms with E-state index in [0.717, 1.165) is 12.8 Å². The number of pyridine rings is 1. The summed E-state index contributed by atoms with van der Waals surface area (Å²) < 4.78 is 6.01. The van der Waals surface area contributed by atoms with Gasteiger partial charge in [-0.15, -0.1) is 0 Å². The Bertz CT molecular complexity index is 852. The summed E-state index contributed by atoms with van der Waals surface area (Å²) in [5.41, 5.74) is 6.40. The first-order valence-electron chi connectivity index (χ1n) is 7.94. The van der Waals surface area contributed by atoms with Gasteiger partial charge in [0.15, 0.2) is 0 Å². The number of hydrogen-bond donors (Lipinski definition) is 3. The second kappa shape index (κ2) is 6.46. The van der Waals surface area contributed by atoms with Crippen molar-refractivity contribution in [1.29, 1.82) is 0 Å². The lowest BCUT2D eigenvalue weighted by molar-refractivity contribution is 0.0799. The van der Waals surface area contributed by atoms with Crippen LogP contribution in [0.2, 0.25) is 0 Å². The van der Waals surface area contributed by atoms with Gasteiger partial charge >= 0.3 is 6.09 Å². The number of aromatic nitrogens is 1. The average molecular weight is 345 g/mol. The number of benzene rings is 1. The lowest BCUT2D eigenvalue weighted by Crippen LogP contribution is -2.43. The normalized spacial score (nSPS) is 17.5. The van der Waals surface area contributed by atoms with Crippen molar-refractivity contribution in [2.45, 2.75) is 25.9 Å². The first-order chi connectivity index (χ1) is 11.8. The van der Waals surface area contributed by atoms with Gasteiger partial charge in [-0.05, 0) is 31.9 Å². The molecule has 4 N–H and O–H groups in total. The molecule has 0 aliphatic carbocycles. The van der Waals surface area contributed by atoms with E-state index < -0.39 is 12.0 Å². The van der Waals surface area contributed by atoms with E-state index in [-0.39, 0.29) is 24.0 Å². The molecule has 0 radical (unpaired) electrons. The van der Waals surface area contributed by atoms with Gasteiger partial charge in [-0.25, -0.2) is 4.79 Å². The summed E-state index contributed by atoms with van der Waals surface area (Å²) in [6.07, 6.45) is 0.203.